The standard InChI is InChI=1S/C20H16ClF2N3O/c21-17-11-15(5-6-18(17)23)26-16-8-10-24-19(12-16)20(27)25-9-7-13-1-3-14(22)4-2-13/h1-6,8,10-12H,7,9H2,(H,24,26)(H,25,27). The second-order valence-electron chi connectivity index (χ2n) is 5.82. The van der Waals surface area contributed by atoms with Crippen molar-refractivity contribution in [3.8, 4) is 0 Å². The summed E-state index contributed by atoms with van der Waals surface area (Å²) in [6.45, 7) is 0.400. The van der Waals surface area contributed by atoms with Crippen LogP contribution < -0.4 is 10.6 Å². The predicted molar refractivity (Wildman–Crippen MR) is 101 cm³/mol. The number of carbonyl (C=O) groups is 1. The fourth-order valence-electron chi connectivity index (χ4n) is 2.44. The zero-order chi connectivity index (χ0) is 19.2. The zero-order valence-corrected chi connectivity index (χ0v) is 14.9. The van der Waals surface area contributed by atoms with Crippen molar-refractivity contribution < 1.29 is 13.6 Å². The number of carbonyl (C=O) groups excluding carboxylic acids is 1. The molecule has 4 nitrogen and oxygen atoms in total. The van der Waals surface area contributed by atoms with Gasteiger partial charge in [0.25, 0.3) is 5.91 Å². The van der Waals surface area contributed by atoms with Crippen LogP contribution >= 0.6 is 11.6 Å². The lowest BCUT2D eigenvalue weighted by Gasteiger charge is -2.09. The summed E-state index contributed by atoms with van der Waals surface area (Å²) >= 11 is 5.77. The minimum Gasteiger partial charge on any atom is -0.355 e. The minimum atomic E-state index is -0.502. The van der Waals surface area contributed by atoms with Gasteiger partial charge >= 0.3 is 0 Å². The largest absolute Gasteiger partial charge is 0.355 e. The molecule has 0 saturated carbocycles. The average Bonchev–Trinajstić information content (AvgIpc) is 2.66. The van der Waals surface area contributed by atoms with Crippen LogP contribution in [-0.2, 0) is 6.42 Å². The maximum absolute atomic E-state index is 13.2. The van der Waals surface area contributed by atoms with E-state index in [1.54, 1.807) is 30.3 Å². The van der Waals surface area contributed by atoms with Crippen molar-refractivity contribution in [2.24, 2.45) is 0 Å². The highest BCUT2D eigenvalue weighted by atomic mass is 35.5. The van der Waals surface area contributed by atoms with Gasteiger partial charge in [0, 0.05) is 24.1 Å². The molecule has 27 heavy (non-hydrogen) atoms. The van der Waals surface area contributed by atoms with Gasteiger partial charge in [0.1, 0.15) is 17.3 Å². The van der Waals surface area contributed by atoms with Gasteiger partial charge in [-0.1, -0.05) is 23.7 Å². The number of benzene rings is 2. The van der Waals surface area contributed by atoms with Crippen molar-refractivity contribution in [1.82, 2.24) is 10.3 Å². The molecule has 0 spiro atoms. The zero-order valence-electron chi connectivity index (χ0n) is 14.2. The number of anilines is 2. The molecular formula is C20H16ClF2N3O. The van der Waals surface area contributed by atoms with E-state index in [4.69, 9.17) is 11.6 Å². The average molecular weight is 388 g/mol. The number of pyridine rings is 1. The maximum Gasteiger partial charge on any atom is 0.269 e. The topological polar surface area (TPSA) is 54.0 Å². The van der Waals surface area contributed by atoms with Gasteiger partial charge in [0.05, 0.1) is 5.02 Å². The van der Waals surface area contributed by atoms with Gasteiger partial charge in [-0.15, -0.1) is 0 Å². The van der Waals surface area contributed by atoms with Crippen LogP contribution in [0, 0.1) is 11.6 Å². The van der Waals surface area contributed by atoms with Gasteiger partial charge in [-0.3, -0.25) is 9.78 Å². The Labute approximate surface area is 160 Å². The summed E-state index contributed by atoms with van der Waals surface area (Å²) < 4.78 is 26.1. The second kappa shape index (κ2) is 8.60. The highest BCUT2D eigenvalue weighted by molar-refractivity contribution is 6.31. The lowest BCUT2D eigenvalue weighted by atomic mass is 10.1. The normalized spacial score (nSPS) is 10.5. The summed E-state index contributed by atoms with van der Waals surface area (Å²) in [5.74, 6) is -1.12. The van der Waals surface area contributed by atoms with Crippen LogP contribution in [0.15, 0.2) is 60.8 Å². The Morgan fingerprint density at radius 1 is 1.00 bits per heavy atom. The summed E-state index contributed by atoms with van der Waals surface area (Å²) in [5.41, 5.74) is 2.38. The number of nitrogens with zero attached hydrogens (tertiary/aromatic N) is 1. The lowest BCUT2D eigenvalue weighted by molar-refractivity contribution is 0.0949. The van der Waals surface area contributed by atoms with Crippen molar-refractivity contribution in [3.05, 3.63) is 88.7 Å². The third kappa shape index (κ3) is 5.24. The smallest absolute Gasteiger partial charge is 0.269 e. The van der Waals surface area contributed by atoms with Crippen LogP contribution in [0.1, 0.15) is 16.1 Å². The van der Waals surface area contributed by atoms with E-state index < -0.39 is 5.82 Å². The van der Waals surface area contributed by atoms with Gasteiger partial charge in [0.2, 0.25) is 0 Å². The Balaban J connectivity index is 1.59. The summed E-state index contributed by atoms with van der Waals surface area (Å²) in [7, 11) is 0. The van der Waals surface area contributed by atoms with Gasteiger partial charge < -0.3 is 10.6 Å². The van der Waals surface area contributed by atoms with E-state index in [-0.39, 0.29) is 22.4 Å². The van der Waals surface area contributed by atoms with Crippen molar-refractivity contribution in [2.75, 3.05) is 11.9 Å². The molecule has 3 rings (SSSR count). The van der Waals surface area contributed by atoms with Crippen LogP contribution in [0.25, 0.3) is 0 Å². The number of rotatable bonds is 6. The molecule has 0 radical (unpaired) electrons. The summed E-state index contributed by atoms with van der Waals surface area (Å²) in [5, 5.41) is 5.83. The van der Waals surface area contributed by atoms with Crippen LogP contribution in [-0.4, -0.2) is 17.4 Å². The first-order valence-corrected chi connectivity index (χ1v) is 8.60. The van der Waals surface area contributed by atoms with Gasteiger partial charge in [-0.2, -0.15) is 0 Å². The highest BCUT2D eigenvalue weighted by Gasteiger charge is 2.08. The van der Waals surface area contributed by atoms with E-state index in [9.17, 15) is 13.6 Å². The molecule has 0 aliphatic heterocycles. The van der Waals surface area contributed by atoms with Crippen molar-refractivity contribution >= 4 is 28.9 Å². The van der Waals surface area contributed by atoms with E-state index in [1.165, 1.54) is 30.5 Å². The SMILES string of the molecule is O=C(NCCc1ccc(F)cc1)c1cc(Nc2ccc(F)c(Cl)c2)ccn1. The van der Waals surface area contributed by atoms with Gasteiger partial charge in [-0.05, 0) is 54.4 Å². The van der Waals surface area contributed by atoms with E-state index in [0.29, 0.717) is 24.3 Å². The molecule has 1 amide bonds. The van der Waals surface area contributed by atoms with Crippen molar-refractivity contribution in [2.45, 2.75) is 6.42 Å². The Hall–Kier alpha value is -2.99. The van der Waals surface area contributed by atoms with Gasteiger partial charge in [0.15, 0.2) is 0 Å². The molecule has 0 aliphatic rings. The van der Waals surface area contributed by atoms with Crippen molar-refractivity contribution in [1.29, 1.82) is 0 Å². The Morgan fingerprint density at radius 3 is 2.48 bits per heavy atom. The molecule has 0 saturated heterocycles. The molecule has 3 aromatic rings. The molecule has 1 heterocycles. The molecule has 0 atom stereocenters. The first-order chi connectivity index (χ1) is 13.0. The Morgan fingerprint density at radius 2 is 1.74 bits per heavy atom. The molecule has 138 valence electrons. The molecule has 2 aromatic carbocycles. The molecule has 0 fully saturated rings. The third-order valence-electron chi connectivity index (χ3n) is 3.81. The molecule has 0 aliphatic carbocycles. The minimum absolute atomic E-state index is 0.00724. The molecular weight excluding hydrogens is 372 g/mol. The van der Waals surface area contributed by atoms with Crippen LogP contribution in [0.5, 0.6) is 0 Å². The second-order valence-corrected chi connectivity index (χ2v) is 6.22. The first kappa shape index (κ1) is 18.8. The highest BCUT2D eigenvalue weighted by Crippen LogP contribution is 2.22. The van der Waals surface area contributed by atoms with Crippen LogP contribution in [0.4, 0.5) is 20.2 Å². The number of hydrogen-bond acceptors (Lipinski definition) is 3. The number of amides is 1. The Kier molecular flexibility index (Phi) is 5.98. The Bertz CT molecular complexity index is 948. The number of aromatic nitrogens is 1. The number of halogens is 3. The van der Waals surface area contributed by atoms with Crippen molar-refractivity contribution in [3.63, 3.8) is 0 Å². The monoisotopic (exact) mass is 387 g/mol. The van der Waals surface area contributed by atoms with E-state index in [0.717, 1.165) is 5.56 Å². The number of hydrogen-bond donors (Lipinski definition) is 2. The molecule has 0 bridgehead atoms. The molecule has 1 aromatic heterocycles. The van der Waals surface area contributed by atoms with Gasteiger partial charge in [-0.25, -0.2) is 8.78 Å². The predicted octanol–water partition coefficient (Wildman–Crippen LogP) is 4.73. The van der Waals surface area contributed by atoms with Crippen LogP contribution in [0.3, 0.4) is 0 Å². The fourth-order valence-corrected chi connectivity index (χ4v) is 2.62. The quantitative estimate of drug-likeness (QED) is 0.643. The lowest BCUT2D eigenvalue weighted by Crippen LogP contribution is -2.26. The summed E-state index contributed by atoms with van der Waals surface area (Å²) in [6, 6.07) is 13.7. The fraction of sp³-hybridized carbons (Fsp3) is 0.100. The molecule has 0 unspecified atom stereocenters. The first-order valence-electron chi connectivity index (χ1n) is 8.22. The number of nitrogens with one attached hydrogen (secondary N) is 2. The van der Waals surface area contributed by atoms with Crippen LogP contribution in [0.2, 0.25) is 5.02 Å². The maximum atomic E-state index is 13.2. The summed E-state index contributed by atoms with van der Waals surface area (Å²) in [6.07, 6.45) is 2.08. The molecule has 7 heteroatoms. The van der Waals surface area contributed by atoms with E-state index in [1.807, 2.05) is 0 Å². The molecule has 2 N–H and O–H groups in total. The third-order valence-corrected chi connectivity index (χ3v) is 4.10. The summed E-state index contributed by atoms with van der Waals surface area (Å²) in [4.78, 5) is 16.3. The van der Waals surface area contributed by atoms with E-state index in [2.05, 4.69) is 15.6 Å². The van der Waals surface area contributed by atoms with E-state index >= 15 is 0 Å².